The molecule has 0 radical (unpaired) electrons. The van der Waals surface area contributed by atoms with Gasteiger partial charge in [-0.2, -0.15) is 0 Å². The van der Waals surface area contributed by atoms with Crippen LogP contribution in [0.15, 0.2) is 24.3 Å². The van der Waals surface area contributed by atoms with E-state index in [0.717, 1.165) is 18.2 Å². The zero-order valence-electron chi connectivity index (χ0n) is 9.40. The summed E-state index contributed by atoms with van der Waals surface area (Å²) in [5.74, 6) is 0.0370. The molecule has 2 N–H and O–H groups in total. The van der Waals surface area contributed by atoms with Gasteiger partial charge in [-0.25, -0.2) is 0 Å². The lowest BCUT2D eigenvalue weighted by Gasteiger charge is -2.12. The van der Waals surface area contributed by atoms with E-state index in [1.807, 2.05) is 18.2 Å². The lowest BCUT2D eigenvalue weighted by molar-refractivity contribution is -0.0440. The predicted octanol–water partition coefficient (Wildman–Crippen LogP) is 0.975. The van der Waals surface area contributed by atoms with Crippen molar-refractivity contribution in [1.82, 2.24) is 0 Å². The van der Waals surface area contributed by atoms with E-state index in [2.05, 4.69) is 6.07 Å². The largest absolute Gasteiger partial charge is 0.399 e. The van der Waals surface area contributed by atoms with Gasteiger partial charge in [-0.05, 0) is 18.1 Å². The van der Waals surface area contributed by atoms with Crippen LogP contribution in [-0.2, 0) is 15.9 Å². The summed E-state index contributed by atoms with van der Waals surface area (Å²) in [5.41, 5.74) is 7.97. The van der Waals surface area contributed by atoms with Gasteiger partial charge in [-0.15, -0.1) is 0 Å². The second kappa shape index (κ2) is 6.61. The standard InChI is InChI=1S/C11H19NO2Si/c1-13-11(14-2)15-8-7-9-5-3-4-6-10(9)12/h3-6,11H,7-8,12,15H2,1-2H3. The summed E-state index contributed by atoms with van der Waals surface area (Å²) >= 11 is 0. The molecule has 0 bridgehead atoms. The number of rotatable bonds is 6. The smallest absolute Gasteiger partial charge is 0.134 e. The van der Waals surface area contributed by atoms with Crippen molar-refractivity contribution in [2.75, 3.05) is 20.0 Å². The van der Waals surface area contributed by atoms with Gasteiger partial charge >= 0.3 is 0 Å². The predicted molar refractivity (Wildman–Crippen MR) is 65.7 cm³/mol. The van der Waals surface area contributed by atoms with Crippen LogP contribution in [-0.4, -0.2) is 29.7 Å². The molecule has 0 heterocycles. The first-order valence-corrected chi connectivity index (χ1v) is 6.98. The fourth-order valence-electron chi connectivity index (χ4n) is 1.55. The molecule has 84 valence electrons. The maximum absolute atomic E-state index is 5.86. The first-order valence-electron chi connectivity index (χ1n) is 5.17. The van der Waals surface area contributed by atoms with Crippen molar-refractivity contribution < 1.29 is 9.47 Å². The molecule has 0 amide bonds. The molecule has 1 aromatic carbocycles. The van der Waals surface area contributed by atoms with Crippen molar-refractivity contribution in [1.29, 1.82) is 0 Å². The minimum absolute atomic E-state index is 0.0370. The molecule has 0 aliphatic rings. The van der Waals surface area contributed by atoms with Crippen molar-refractivity contribution >= 4 is 15.2 Å². The SMILES string of the molecule is COC(OC)[SiH2]CCc1ccccc1N. The van der Waals surface area contributed by atoms with Gasteiger partial charge in [-0.3, -0.25) is 0 Å². The zero-order chi connectivity index (χ0) is 11.1. The minimum Gasteiger partial charge on any atom is -0.399 e. The minimum atomic E-state index is -0.335. The van der Waals surface area contributed by atoms with Crippen molar-refractivity contribution in [3.8, 4) is 0 Å². The molecule has 0 aliphatic carbocycles. The van der Waals surface area contributed by atoms with E-state index in [1.54, 1.807) is 14.2 Å². The van der Waals surface area contributed by atoms with E-state index >= 15 is 0 Å². The van der Waals surface area contributed by atoms with E-state index in [1.165, 1.54) is 5.56 Å². The highest BCUT2D eigenvalue weighted by atomic mass is 28.2. The number of nitrogen functional groups attached to an aromatic ring is 1. The third-order valence-corrected chi connectivity index (χ3v) is 4.37. The molecule has 0 saturated heterocycles. The molecule has 0 fully saturated rings. The van der Waals surface area contributed by atoms with Gasteiger partial charge in [0, 0.05) is 19.9 Å². The summed E-state index contributed by atoms with van der Waals surface area (Å²) in [5, 5.41) is 0. The van der Waals surface area contributed by atoms with Crippen molar-refractivity contribution in [2.45, 2.75) is 18.4 Å². The van der Waals surface area contributed by atoms with Gasteiger partial charge in [-0.1, -0.05) is 24.2 Å². The van der Waals surface area contributed by atoms with Crippen molar-refractivity contribution in [3.63, 3.8) is 0 Å². The third kappa shape index (κ3) is 4.03. The van der Waals surface area contributed by atoms with Crippen LogP contribution in [0, 0.1) is 0 Å². The Labute approximate surface area is 93.4 Å². The topological polar surface area (TPSA) is 44.5 Å². The van der Waals surface area contributed by atoms with E-state index in [0.29, 0.717) is 0 Å². The van der Waals surface area contributed by atoms with Crippen molar-refractivity contribution in [3.05, 3.63) is 29.8 Å². The molecule has 0 aliphatic heterocycles. The van der Waals surface area contributed by atoms with E-state index in [-0.39, 0.29) is 15.4 Å². The Bertz CT molecular complexity index is 290. The third-order valence-electron chi connectivity index (χ3n) is 2.47. The summed E-state index contributed by atoms with van der Waals surface area (Å²) < 4.78 is 10.4. The fourth-order valence-corrected chi connectivity index (χ4v) is 2.94. The zero-order valence-corrected chi connectivity index (χ0v) is 10.8. The van der Waals surface area contributed by atoms with E-state index < -0.39 is 0 Å². The summed E-state index contributed by atoms with van der Waals surface area (Å²) in [6.45, 7) is 0. The normalized spacial score (nSPS) is 11.7. The Balaban J connectivity index is 2.34. The van der Waals surface area contributed by atoms with Gasteiger partial charge in [0.05, 0.1) is 9.52 Å². The van der Waals surface area contributed by atoms with E-state index in [9.17, 15) is 0 Å². The quantitative estimate of drug-likeness (QED) is 0.446. The number of methoxy groups -OCH3 is 2. The average molecular weight is 225 g/mol. The molecule has 15 heavy (non-hydrogen) atoms. The first-order chi connectivity index (χ1) is 7.27. The molecule has 4 heteroatoms. The fraction of sp³-hybridized carbons (Fsp3) is 0.455. The number of nitrogens with two attached hydrogens (primary N) is 1. The maximum Gasteiger partial charge on any atom is 0.134 e. The average Bonchev–Trinajstić information content (AvgIpc) is 2.27. The Morgan fingerprint density at radius 3 is 2.53 bits per heavy atom. The molecular weight excluding hydrogens is 206 g/mol. The first kappa shape index (κ1) is 12.2. The van der Waals surface area contributed by atoms with Crippen LogP contribution in [0.25, 0.3) is 0 Å². The molecule has 0 atom stereocenters. The second-order valence-corrected chi connectivity index (χ2v) is 5.44. The maximum atomic E-state index is 5.86. The highest BCUT2D eigenvalue weighted by molar-refractivity contribution is 6.36. The van der Waals surface area contributed by atoms with Crippen LogP contribution in [0.5, 0.6) is 0 Å². The number of benzene rings is 1. The molecule has 1 aromatic rings. The highest BCUT2D eigenvalue weighted by Crippen LogP contribution is 2.12. The Kier molecular flexibility index (Phi) is 5.38. The summed E-state index contributed by atoms with van der Waals surface area (Å²) in [6, 6.07) is 9.17. The van der Waals surface area contributed by atoms with Gasteiger partial charge in [0.15, 0.2) is 0 Å². The number of anilines is 1. The van der Waals surface area contributed by atoms with Crippen LogP contribution in [0.2, 0.25) is 6.04 Å². The molecule has 1 rings (SSSR count). The molecule has 0 unspecified atom stereocenters. The Morgan fingerprint density at radius 2 is 1.93 bits per heavy atom. The lowest BCUT2D eigenvalue weighted by Crippen LogP contribution is -2.21. The second-order valence-electron chi connectivity index (χ2n) is 3.49. The number of aryl methyl sites for hydroxylation is 1. The summed E-state index contributed by atoms with van der Waals surface area (Å²) in [7, 11) is 3.05. The van der Waals surface area contributed by atoms with Crippen LogP contribution < -0.4 is 5.73 Å². The Hall–Kier alpha value is -0.843. The monoisotopic (exact) mass is 225 g/mol. The van der Waals surface area contributed by atoms with Crippen LogP contribution >= 0.6 is 0 Å². The van der Waals surface area contributed by atoms with Gasteiger partial charge < -0.3 is 15.2 Å². The van der Waals surface area contributed by atoms with Gasteiger partial charge in [0.2, 0.25) is 0 Å². The molecule has 0 saturated carbocycles. The van der Waals surface area contributed by atoms with Gasteiger partial charge in [0.1, 0.15) is 5.91 Å². The van der Waals surface area contributed by atoms with Gasteiger partial charge in [0.25, 0.3) is 0 Å². The number of hydrogen-bond donors (Lipinski definition) is 1. The van der Waals surface area contributed by atoms with Crippen LogP contribution in [0.1, 0.15) is 5.56 Å². The van der Waals surface area contributed by atoms with Crippen LogP contribution in [0.4, 0.5) is 5.69 Å². The molecule has 0 spiro atoms. The molecule has 0 aromatic heterocycles. The highest BCUT2D eigenvalue weighted by Gasteiger charge is 2.06. The lowest BCUT2D eigenvalue weighted by atomic mass is 10.1. The summed E-state index contributed by atoms with van der Waals surface area (Å²) in [6.07, 6.45) is 1.03. The Morgan fingerprint density at radius 1 is 1.27 bits per heavy atom. The number of para-hydroxylation sites is 1. The summed E-state index contributed by atoms with van der Waals surface area (Å²) in [4.78, 5) is 0. The molecule has 3 nitrogen and oxygen atoms in total. The number of ether oxygens (including phenoxy) is 2. The van der Waals surface area contributed by atoms with Crippen molar-refractivity contribution in [2.24, 2.45) is 0 Å². The number of hydrogen-bond acceptors (Lipinski definition) is 3. The van der Waals surface area contributed by atoms with E-state index in [4.69, 9.17) is 15.2 Å². The molecular formula is C11H19NO2Si. The van der Waals surface area contributed by atoms with Crippen LogP contribution in [0.3, 0.4) is 0 Å².